The van der Waals surface area contributed by atoms with Crippen molar-refractivity contribution in [1.82, 2.24) is 5.32 Å². The first-order valence-electron chi connectivity index (χ1n) is 9.78. The van der Waals surface area contributed by atoms with E-state index in [1.807, 2.05) is 57.2 Å². The summed E-state index contributed by atoms with van der Waals surface area (Å²) >= 11 is 0. The van der Waals surface area contributed by atoms with Gasteiger partial charge in [-0.25, -0.2) is 0 Å². The normalized spacial score (nSPS) is 10.7. The zero-order valence-electron chi connectivity index (χ0n) is 17.6. The van der Waals surface area contributed by atoms with Gasteiger partial charge in [0, 0.05) is 6.04 Å². The standard InChI is InChI=1S/C24H26N2O4/c1-15(2)25-23(27)14-30-22-13-18-8-6-5-7-17(18)12-19(22)24(28)26-20-11-16(3)9-10-21(20)29-4/h5-13,15H,14H2,1-4H3,(H,25,27)(H,26,28). The average molecular weight is 406 g/mol. The SMILES string of the molecule is COc1ccc(C)cc1NC(=O)c1cc2ccccc2cc1OCC(=O)NC(C)C. The number of hydrogen-bond donors (Lipinski definition) is 2. The summed E-state index contributed by atoms with van der Waals surface area (Å²) < 4.78 is 11.1. The highest BCUT2D eigenvalue weighted by atomic mass is 16.5. The number of methoxy groups -OCH3 is 1. The molecule has 0 radical (unpaired) electrons. The summed E-state index contributed by atoms with van der Waals surface area (Å²) in [6.45, 7) is 5.52. The molecule has 156 valence electrons. The third-order valence-corrected chi connectivity index (χ3v) is 4.50. The van der Waals surface area contributed by atoms with Gasteiger partial charge in [-0.15, -0.1) is 0 Å². The van der Waals surface area contributed by atoms with Crippen molar-refractivity contribution in [2.75, 3.05) is 19.0 Å². The number of aryl methyl sites for hydroxylation is 1. The molecule has 0 atom stereocenters. The quantitative estimate of drug-likeness (QED) is 0.613. The Labute approximate surface area is 176 Å². The van der Waals surface area contributed by atoms with Crippen molar-refractivity contribution in [2.24, 2.45) is 0 Å². The van der Waals surface area contributed by atoms with E-state index in [1.54, 1.807) is 25.3 Å². The van der Waals surface area contributed by atoms with Crippen molar-refractivity contribution in [2.45, 2.75) is 26.8 Å². The Morgan fingerprint density at radius 2 is 1.67 bits per heavy atom. The second-order valence-electron chi connectivity index (χ2n) is 7.36. The number of fused-ring (bicyclic) bond motifs is 1. The Hall–Kier alpha value is -3.54. The van der Waals surface area contributed by atoms with E-state index in [9.17, 15) is 9.59 Å². The van der Waals surface area contributed by atoms with Crippen LogP contribution in [-0.2, 0) is 4.79 Å². The lowest BCUT2D eigenvalue weighted by Crippen LogP contribution is -2.34. The van der Waals surface area contributed by atoms with Gasteiger partial charge in [0.1, 0.15) is 11.5 Å². The largest absolute Gasteiger partial charge is 0.495 e. The summed E-state index contributed by atoms with van der Waals surface area (Å²) in [5.74, 6) is 0.319. The summed E-state index contributed by atoms with van der Waals surface area (Å²) in [6.07, 6.45) is 0. The maximum atomic E-state index is 13.1. The third-order valence-electron chi connectivity index (χ3n) is 4.50. The molecular weight excluding hydrogens is 380 g/mol. The molecule has 0 saturated heterocycles. The van der Waals surface area contributed by atoms with Crippen LogP contribution in [0.1, 0.15) is 29.8 Å². The van der Waals surface area contributed by atoms with Crippen LogP contribution >= 0.6 is 0 Å². The van der Waals surface area contributed by atoms with Gasteiger partial charge < -0.3 is 20.1 Å². The predicted octanol–water partition coefficient (Wildman–Crippen LogP) is 4.31. The van der Waals surface area contributed by atoms with Crippen LogP contribution in [0.2, 0.25) is 0 Å². The van der Waals surface area contributed by atoms with Crippen LogP contribution < -0.4 is 20.1 Å². The van der Waals surface area contributed by atoms with Gasteiger partial charge in [-0.05, 0) is 61.4 Å². The van der Waals surface area contributed by atoms with E-state index in [4.69, 9.17) is 9.47 Å². The number of hydrogen-bond acceptors (Lipinski definition) is 4. The van der Waals surface area contributed by atoms with Crippen LogP contribution in [0.25, 0.3) is 10.8 Å². The second kappa shape index (κ2) is 9.31. The number of carbonyl (C=O) groups is 2. The van der Waals surface area contributed by atoms with Crippen molar-refractivity contribution in [1.29, 1.82) is 0 Å². The molecule has 2 N–H and O–H groups in total. The van der Waals surface area contributed by atoms with Crippen LogP contribution in [0.15, 0.2) is 54.6 Å². The van der Waals surface area contributed by atoms with Gasteiger partial charge in [0.25, 0.3) is 11.8 Å². The van der Waals surface area contributed by atoms with Gasteiger partial charge in [-0.1, -0.05) is 30.3 Å². The van der Waals surface area contributed by atoms with Gasteiger partial charge in [0.05, 0.1) is 18.4 Å². The lowest BCUT2D eigenvalue weighted by molar-refractivity contribution is -0.123. The fourth-order valence-electron chi connectivity index (χ4n) is 3.13. The van der Waals surface area contributed by atoms with Gasteiger partial charge in [0.2, 0.25) is 0 Å². The molecule has 6 nitrogen and oxygen atoms in total. The summed E-state index contributed by atoms with van der Waals surface area (Å²) in [4.78, 5) is 25.2. The minimum atomic E-state index is -0.344. The number of benzene rings is 3. The first-order valence-corrected chi connectivity index (χ1v) is 9.78. The minimum Gasteiger partial charge on any atom is -0.495 e. The number of ether oxygens (including phenoxy) is 2. The molecule has 0 aliphatic rings. The number of rotatable bonds is 7. The van der Waals surface area contributed by atoms with Crippen molar-refractivity contribution >= 4 is 28.3 Å². The van der Waals surface area contributed by atoms with Crippen molar-refractivity contribution in [3.05, 3.63) is 65.7 Å². The fraction of sp³-hybridized carbons (Fsp3) is 0.250. The number of anilines is 1. The molecule has 0 saturated carbocycles. The first-order chi connectivity index (χ1) is 14.4. The van der Waals surface area contributed by atoms with Crippen LogP contribution in [0.3, 0.4) is 0 Å². The van der Waals surface area contributed by atoms with Crippen molar-refractivity contribution < 1.29 is 19.1 Å². The number of nitrogens with one attached hydrogen (secondary N) is 2. The average Bonchev–Trinajstić information content (AvgIpc) is 2.71. The van der Waals surface area contributed by atoms with Crippen LogP contribution in [0.5, 0.6) is 11.5 Å². The van der Waals surface area contributed by atoms with Gasteiger partial charge in [-0.3, -0.25) is 9.59 Å². The summed E-state index contributed by atoms with van der Waals surface area (Å²) in [5, 5.41) is 7.50. The molecule has 0 bridgehead atoms. The number of amides is 2. The topological polar surface area (TPSA) is 76.7 Å². The highest BCUT2D eigenvalue weighted by Gasteiger charge is 2.17. The van der Waals surface area contributed by atoms with E-state index in [1.165, 1.54) is 0 Å². The zero-order chi connectivity index (χ0) is 21.7. The lowest BCUT2D eigenvalue weighted by Gasteiger charge is -2.15. The maximum absolute atomic E-state index is 13.1. The molecule has 30 heavy (non-hydrogen) atoms. The molecule has 0 spiro atoms. The fourth-order valence-corrected chi connectivity index (χ4v) is 3.13. The highest BCUT2D eigenvalue weighted by molar-refractivity contribution is 6.09. The Morgan fingerprint density at radius 1 is 0.967 bits per heavy atom. The molecule has 0 fully saturated rings. The van der Waals surface area contributed by atoms with E-state index in [0.717, 1.165) is 16.3 Å². The molecule has 6 heteroatoms. The van der Waals surface area contributed by atoms with E-state index in [2.05, 4.69) is 10.6 Å². The monoisotopic (exact) mass is 406 g/mol. The van der Waals surface area contributed by atoms with Gasteiger partial charge in [-0.2, -0.15) is 0 Å². The number of carbonyl (C=O) groups excluding carboxylic acids is 2. The lowest BCUT2D eigenvalue weighted by atomic mass is 10.0. The Bertz CT molecular complexity index is 1080. The molecular formula is C24H26N2O4. The molecule has 3 aromatic carbocycles. The van der Waals surface area contributed by atoms with E-state index < -0.39 is 0 Å². The predicted molar refractivity (Wildman–Crippen MR) is 118 cm³/mol. The summed E-state index contributed by atoms with van der Waals surface area (Å²) in [6, 6.07) is 16.8. The Balaban J connectivity index is 1.93. The molecule has 3 aromatic rings. The van der Waals surface area contributed by atoms with Crippen LogP contribution in [-0.4, -0.2) is 31.6 Å². The highest BCUT2D eigenvalue weighted by Crippen LogP contribution is 2.30. The molecule has 3 rings (SSSR count). The molecule has 2 amide bonds. The summed E-state index contributed by atoms with van der Waals surface area (Å²) in [5.41, 5.74) is 1.90. The third kappa shape index (κ3) is 5.08. The van der Waals surface area contributed by atoms with E-state index >= 15 is 0 Å². The molecule has 0 unspecified atom stereocenters. The van der Waals surface area contributed by atoms with Crippen molar-refractivity contribution in [3.63, 3.8) is 0 Å². The van der Waals surface area contributed by atoms with E-state index in [-0.39, 0.29) is 24.5 Å². The Kier molecular flexibility index (Phi) is 6.57. The van der Waals surface area contributed by atoms with Gasteiger partial charge >= 0.3 is 0 Å². The first kappa shape index (κ1) is 21.2. The molecule has 0 heterocycles. The van der Waals surface area contributed by atoms with Crippen LogP contribution in [0.4, 0.5) is 5.69 Å². The zero-order valence-corrected chi connectivity index (χ0v) is 17.6. The molecule has 0 aliphatic heterocycles. The summed E-state index contributed by atoms with van der Waals surface area (Å²) in [7, 11) is 1.55. The Morgan fingerprint density at radius 3 is 2.33 bits per heavy atom. The maximum Gasteiger partial charge on any atom is 0.259 e. The van der Waals surface area contributed by atoms with E-state index in [0.29, 0.717) is 22.7 Å². The van der Waals surface area contributed by atoms with Gasteiger partial charge in [0.15, 0.2) is 6.61 Å². The molecule has 0 aromatic heterocycles. The minimum absolute atomic E-state index is 0.00857. The van der Waals surface area contributed by atoms with Crippen LogP contribution in [0, 0.1) is 6.92 Å². The van der Waals surface area contributed by atoms with Crippen molar-refractivity contribution in [3.8, 4) is 11.5 Å². The molecule has 0 aliphatic carbocycles. The second-order valence-corrected chi connectivity index (χ2v) is 7.36. The smallest absolute Gasteiger partial charge is 0.259 e.